The number of ether oxygens (including phenoxy) is 3. The third-order valence-electron chi connectivity index (χ3n) is 14.7. The van der Waals surface area contributed by atoms with Crippen LogP contribution >= 0.6 is 0 Å². The zero-order valence-electron chi connectivity index (χ0n) is 46.0. The molecular formula is C58H116O3. The Kier molecular flexibility index (Phi) is 25.4. The van der Waals surface area contributed by atoms with Crippen molar-refractivity contribution in [2.45, 2.75) is 255 Å². The summed E-state index contributed by atoms with van der Waals surface area (Å²) in [6, 6.07) is 0. The maximum absolute atomic E-state index is 5.41. The zero-order chi connectivity index (χ0) is 46.9. The van der Waals surface area contributed by atoms with E-state index in [4.69, 9.17) is 14.2 Å². The average molecular weight is 862 g/mol. The molecule has 2 atom stereocenters. The van der Waals surface area contributed by atoms with Gasteiger partial charge in [-0.25, -0.2) is 0 Å². The first-order valence-electron chi connectivity index (χ1n) is 26.4. The van der Waals surface area contributed by atoms with Gasteiger partial charge in [0.25, 0.3) is 0 Å². The van der Waals surface area contributed by atoms with Crippen LogP contribution in [0.3, 0.4) is 0 Å². The van der Waals surface area contributed by atoms with E-state index in [-0.39, 0.29) is 0 Å². The Bertz CT molecular complexity index is 1040. The first-order chi connectivity index (χ1) is 27.7. The molecule has 61 heavy (non-hydrogen) atoms. The van der Waals surface area contributed by atoms with E-state index in [2.05, 4.69) is 145 Å². The first kappa shape index (κ1) is 58.9. The van der Waals surface area contributed by atoms with Gasteiger partial charge in [0.15, 0.2) is 0 Å². The van der Waals surface area contributed by atoms with E-state index in [1.165, 1.54) is 109 Å². The molecule has 3 heterocycles. The highest BCUT2D eigenvalue weighted by Gasteiger charge is 2.34. The molecule has 0 bridgehead atoms. The third-order valence-corrected chi connectivity index (χ3v) is 14.7. The highest BCUT2D eigenvalue weighted by Crippen LogP contribution is 2.45. The normalized spacial score (nSPS) is 24.3. The molecule has 3 aliphatic heterocycles. The predicted octanol–water partition coefficient (Wildman–Crippen LogP) is 18.3. The van der Waals surface area contributed by atoms with E-state index in [9.17, 15) is 0 Å². The van der Waals surface area contributed by atoms with E-state index < -0.39 is 0 Å². The van der Waals surface area contributed by atoms with Crippen molar-refractivity contribution < 1.29 is 14.2 Å². The van der Waals surface area contributed by atoms with Crippen LogP contribution in [0.25, 0.3) is 0 Å². The molecule has 7 rings (SSSR count). The molecule has 0 aromatic heterocycles. The van der Waals surface area contributed by atoms with E-state index in [1.54, 1.807) is 0 Å². The lowest BCUT2D eigenvalue weighted by Gasteiger charge is -2.37. The quantitative estimate of drug-likeness (QED) is 0.277. The van der Waals surface area contributed by atoms with Crippen LogP contribution in [-0.4, -0.2) is 39.6 Å². The van der Waals surface area contributed by atoms with Gasteiger partial charge in [0.05, 0.1) is 13.2 Å². The van der Waals surface area contributed by atoms with E-state index >= 15 is 0 Å². The van der Waals surface area contributed by atoms with Crippen LogP contribution in [0.2, 0.25) is 0 Å². The predicted molar refractivity (Wildman–Crippen MR) is 272 cm³/mol. The van der Waals surface area contributed by atoms with E-state index in [1.807, 2.05) is 0 Å². The summed E-state index contributed by atoms with van der Waals surface area (Å²) in [4.78, 5) is 0. The molecular weight excluding hydrogens is 745 g/mol. The summed E-state index contributed by atoms with van der Waals surface area (Å²) < 4.78 is 15.8. The van der Waals surface area contributed by atoms with Crippen LogP contribution in [0, 0.1) is 79.3 Å². The van der Waals surface area contributed by atoms with Gasteiger partial charge >= 0.3 is 0 Å². The number of hydrogen-bond acceptors (Lipinski definition) is 3. The van der Waals surface area contributed by atoms with Crippen LogP contribution in [0.1, 0.15) is 255 Å². The number of hydrogen-bond donors (Lipinski definition) is 0. The summed E-state index contributed by atoms with van der Waals surface area (Å²) in [6.45, 7) is 54.6. The van der Waals surface area contributed by atoms with Crippen LogP contribution in [0.5, 0.6) is 0 Å². The Morgan fingerprint density at radius 3 is 0.770 bits per heavy atom. The summed E-state index contributed by atoms with van der Waals surface area (Å²) in [5.41, 5.74) is 3.76. The van der Waals surface area contributed by atoms with Crippen molar-refractivity contribution in [1.29, 1.82) is 0 Å². The smallest absolute Gasteiger partial charge is 0.0516 e. The van der Waals surface area contributed by atoms with Crippen molar-refractivity contribution in [2.24, 2.45) is 79.3 Å². The molecule has 7 fully saturated rings. The molecule has 0 N–H and O–H groups in total. The second-order valence-corrected chi connectivity index (χ2v) is 28.9. The Labute approximate surface area is 386 Å². The minimum absolute atomic E-state index is 0.445. The maximum atomic E-state index is 5.41. The molecule has 7 aliphatic rings. The SMILES string of the molecule is CC(C)(C)C1CC1.CC(C)(C)C1CCC1.CC(C)(C)C1CCCCC1.CC(C)(C)C1CCCOC1.CC(C)(C)C1CCOC1.CC(C)(C)CC1CC1.CC(C)(C)CC1COC1. The lowest BCUT2D eigenvalue weighted by molar-refractivity contribution is -0.0486. The Hall–Kier alpha value is -0.120. The highest BCUT2D eigenvalue weighted by molar-refractivity contribution is 4.84. The molecule has 0 aromatic rings. The largest absolute Gasteiger partial charge is 0.381 e. The molecule has 0 amide bonds. The van der Waals surface area contributed by atoms with Gasteiger partial charge in [-0.15, -0.1) is 0 Å². The Balaban J connectivity index is 0.000000357. The Morgan fingerprint density at radius 2 is 0.623 bits per heavy atom. The summed E-state index contributed by atoms with van der Waals surface area (Å²) in [5, 5.41) is 0. The van der Waals surface area contributed by atoms with Gasteiger partial charge in [-0.05, 0) is 144 Å². The van der Waals surface area contributed by atoms with Gasteiger partial charge in [0.2, 0.25) is 0 Å². The van der Waals surface area contributed by atoms with Crippen molar-refractivity contribution in [2.75, 3.05) is 39.6 Å². The van der Waals surface area contributed by atoms with Crippen molar-refractivity contribution >= 4 is 0 Å². The lowest BCUT2D eigenvalue weighted by atomic mass is 9.69. The monoisotopic (exact) mass is 861 g/mol. The fourth-order valence-electron chi connectivity index (χ4n) is 9.29. The lowest BCUT2D eigenvalue weighted by Crippen LogP contribution is -2.31. The van der Waals surface area contributed by atoms with Crippen LogP contribution in [-0.2, 0) is 14.2 Å². The standard InChI is InChI=1S/C10H20.C9H18O.2C8H16O.2C8H16.C7H14/c1-10(2,3)9-7-5-4-6-8-9;1-9(2,3)8-5-4-6-10-7-8;1-8(2,3)4-7-5-9-6-7;1-8(2,3)7-4-5-9-6-7;1-8(2,3)6-7-4-5-7;1-8(2,3)7-5-4-6-7;1-7(2,3)6-4-5-6/h9H,4-8H2,1-3H3;8H,4-7H2,1-3H3;2*7H,4-6H2,1-3H3;2*7H,4-6H2,1-3H3;6H,4-5H2,1-3H3. The summed E-state index contributed by atoms with van der Waals surface area (Å²) in [7, 11) is 0. The van der Waals surface area contributed by atoms with Gasteiger partial charge in [-0.2, -0.15) is 0 Å². The average Bonchev–Trinajstić information content (AvgIpc) is 4.00. The fourth-order valence-corrected chi connectivity index (χ4v) is 9.29. The maximum Gasteiger partial charge on any atom is 0.0516 e. The zero-order valence-corrected chi connectivity index (χ0v) is 46.0. The summed E-state index contributed by atoms with van der Waals surface area (Å²) in [6.07, 6.45) is 24.4. The van der Waals surface area contributed by atoms with Gasteiger partial charge in [0, 0.05) is 32.3 Å². The first-order valence-corrected chi connectivity index (χ1v) is 26.4. The minimum Gasteiger partial charge on any atom is -0.381 e. The van der Waals surface area contributed by atoms with E-state index in [0.717, 1.165) is 81.1 Å². The van der Waals surface area contributed by atoms with Crippen LogP contribution in [0.4, 0.5) is 0 Å². The summed E-state index contributed by atoms with van der Waals surface area (Å²) >= 11 is 0. The molecule has 3 nitrogen and oxygen atoms in total. The Morgan fingerprint density at radius 1 is 0.279 bits per heavy atom. The molecule has 0 radical (unpaired) electrons. The van der Waals surface area contributed by atoms with Crippen LogP contribution in [0.15, 0.2) is 0 Å². The number of rotatable bonds is 2. The fraction of sp³-hybridized carbons (Fsp3) is 1.00. The van der Waals surface area contributed by atoms with Crippen molar-refractivity contribution in [1.82, 2.24) is 0 Å². The van der Waals surface area contributed by atoms with Crippen molar-refractivity contribution in [3.05, 3.63) is 0 Å². The molecule has 366 valence electrons. The second-order valence-electron chi connectivity index (χ2n) is 28.9. The third kappa shape index (κ3) is 30.7. The molecule has 3 heteroatoms. The minimum atomic E-state index is 0.445. The van der Waals surface area contributed by atoms with Gasteiger partial charge in [0.1, 0.15) is 0 Å². The molecule has 2 unspecified atom stereocenters. The van der Waals surface area contributed by atoms with Crippen LogP contribution < -0.4 is 0 Å². The molecule has 0 spiro atoms. The van der Waals surface area contributed by atoms with E-state index in [0.29, 0.717) is 37.9 Å². The summed E-state index contributed by atoms with van der Waals surface area (Å²) in [5.74, 6) is 6.59. The molecule has 4 aliphatic carbocycles. The molecule has 3 saturated heterocycles. The molecule has 0 aromatic carbocycles. The van der Waals surface area contributed by atoms with Crippen molar-refractivity contribution in [3.8, 4) is 0 Å². The second kappa shape index (κ2) is 26.3. The van der Waals surface area contributed by atoms with Gasteiger partial charge in [-0.3, -0.25) is 0 Å². The topological polar surface area (TPSA) is 27.7 Å². The highest BCUT2D eigenvalue weighted by atomic mass is 16.5. The van der Waals surface area contributed by atoms with Gasteiger partial charge < -0.3 is 14.2 Å². The van der Waals surface area contributed by atoms with Gasteiger partial charge in [-0.1, -0.05) is 184 Å². The molecule has 4 saturated carbocycles. The van der Waals surface area contributed by atoms with Crippen molar-refractivity contribution in [3.63, 3.8) is 0 Å².